The number of carbonyl (C=O) groups excluding carboxylic acids is 1. The van der Waals surface area contributed by atoms with Crippen LogP contribution in [0.3, 0.4) is 0 Å². The average Bonchev–Trinajstić information content (AvgIpc) is 3.16. The van der Waals surface area contributed by atoms with E-state index in [4.69, 9.17) is 26.5 Å². The molecule has 0 bridgehead atoms. The van der Waals surface area contributed by atoms with E-state index in [9.17, 15) is 9.18 Å². The quantitative estimate of drug-likeness (QED) is 0.415. The highest BCUT2D eigenvalue weighted by Crippen LogP contribution is 2.39. The Morgan fingerprint density at radius 1 is 1.21 bits per heavy atom. The zero-order valence-electron chi connectivity index (χ0n) is 17.3. The second-order valence-corrected chi connectivity index (χ2v) is 7.97. The molecule has 3 N–H and O–H groups in total. The predicted octanol–water partition coefficient (Wildman–Crippen LogP) is 4.54. The largest absolute Gasteiger partial charge is 0.436 e. The summed E-state index contributed by atoms with van der Waals surface area (Å²) in [5.41, 5.74) is 9.78. The minimum absolute atomic E-state index is 0.00359. The second kappa shape index (κ2) is 8.68. The number of nitrogens with two attached hydrogens (primary N) is 1. The van der Waals surface area contributed by atoms with E-state index < -0.39 is 5.82 Å². The van der Waals surface area contributed by atoms with Crippen LogP contribution in [-0.4, -0.2) is 41.0 Å². The molecule has 3 aromatic heterocycles. The molecule has 1 aliphatic heterocycles. The van der Waals surface area contributed by atoms with E-state index >= 15 is 0 Å². The number of ether oxygens (including phenoxy) is 1. The van der Waals surface area contributed by atoms with Crippen molar-refractivity contribution in [1.29, 1.82) is 0 Å². The third-order valence-electron chi connectivity index (χ3n) is 5.45. The topological polar surface area (TPSA) is 107 Å². The van der Waals surface area contributed by atoms with Gasteiger partial charge in [0.15, 0.2) is 5.58 Å². The average molecular weight is 468 g/mol. The molecule has 1 atom stereocenters. The molecule has 5 rings (SSSR count). The van der Waals surface area contributed by atoms with E-state index in [0.717, 1.165) is 12.0 Å². The van der Waals surface area contributed by atoms with Gasteiger partial charge < -0.3 is 25.1 Å². The van der Waals surface area contributed by atoms with Gasteiger partial charge in [-0.2, -0.15) is 0 Å². The van der Waals surface area contributed by atoms with E-state index in [0.29, 0.717) is 53.4 Å². The minimum Gasteiger partial charge on any atom is -0.436 e. The van der Waals surface area contributed by atoms with Gasteiger partial charge >= 0.3 is 0 Å². The first kappa shape index (κ1) is 21.2. The van der Waals surface area contributed by atoms with Gasteiger partial charge in [0.1, 0.15) is 23.3 Å². The summed E-state index contributed by atoms with van der Waals surface area (Å²) < 4.78 is 25.2. The van der Waals surface area contributed by atoms with Crippen molar-refractivity contribution in [2.24, 2.45) is 0 Å². The minimum atomic E-state index is -0.509. The number of hydrogen-bond donors (Lipinski definition) is 2. The molecule has 4 aromatic rings. The number of hydrogen-bond acceptors (Lipinski definition) is 7. The normalized spacial score (nSPS) is 16.2. The van der Waals surface area contributed by atoms with E-state index in [1.54, 1.807) is 29.4 Å². The Balaban J connectivity index is 1.51. The highest BCUT2D eigenvalue weighted by atomic mass is 35.5. The van der Waals surface area contributed by atoms with E-state index in [1.165, 1.54) is 12.1 Å². The number of halogens is 2. The highest BCUT2D eigenvalue weighted by Gasteiger charge is 2.23. The Labute approximate surface area is 193 Å². The third kappa shape index (κ3) is 4.08. The molecule has 4 heterocycles. The lowest BCUT2D eigenvalue weighted by molar-refractivity contribution is -0.125. The van der Waals surface area contributed by atoms with Gasteiger partial charge in [0.05, 0.1) is 29.3 Å². The van der Waals surface area contributed by atoms with Gasteiger partial charge in [0.25, 0.3) is 0 Å². The molecule has 1 fully saturated rings. The lowest BCUT2D eigenvalue weighted by Gasteiger charge is -2.29. The zero-order chi connectivity index (χ0) is 22.9. The Morgan fingerprint density at radius 2 is 2.06 bits per heavy atom. The Kier molecular flexibility index (Phi) is 5.57. The summed E-state index contributed by atoms with van der Waals surface area (Å²) in [6.45, 7) is 1.43. The first-order valence-electron chi connectivity index (χ1n) is 10.2. The number of fused-ring (bicyclic) bond motifs is 1. The van der Waals surface area contributed by atoms with Crippen molar-refractivity contribution in [1.82, 2.24) is 14.9 Å². The molecule has 8 nitrogen and oxygen atoms in total. The lowest BCUT2D eigenvalue weighted by atomic mass is 10.1. The monoisotopic (exact) mass is 467 g/mol. The lowest BCUT2D eigenvalue weighted by Crippen LogP contribution is -2.37. The number of nitrogens with one attached hydrogen (secondary N) is 1. The second-order valence-electron chi connectivity index (χ2n) is 7.56. The summed E-state index contributed by atoms with van der Waals surface area (Å²) >= 11 is 5.90. The summed E-state index contributed by atoms with van der Waals surface area (Å²) in [5, 5.41) is 3.85. The van der Waals surface area contributed by atoms with Crippen LogP contribution in [0.2, 0.25) is 5.02 Å². The number of amides is 1. The van der Waals surface area contributed by atoms with E-state index in [-0.39, 0.29) is 17.0 Å². The summed E-state index contributed by atoms with van der Waals surface area (Å²) in [6.07, 6.45) is 3.81. The van der Waals surface area contributed by atoms with Crippen LogP contribution >= 0.6 is 11.6 Å². The van der Waals surface area contributed by atoms with Gasteiger partial charge in [-0.25, -0.2) is 4.39 Å². The molecule has 0 aliphatic carbocycles. The molecule has 1 aliphatic rings. The standard InChI is InChI=1S/C23H19ClFN5O3/c24-16-10-14(1-2-17(16)25)29-21-15-4-6-28-20(22(15)33-23(21)26)13-3-5-27-18(9-13)19-11-30(12-31)7-8-32-19/h1-6,9-10,12,19,29H,7-8,11,26H2. The first-order valence-corrected chi connectivity index (χ1v) is 10.6. The van der Waals surface area contributed by atoms with Crippen molar-refractivity contribution in [3.8, 4) is 11.3 Å². The summed E-state index contributed by atoms with van der Waals surface area (Å²) in [5.74, 6) is -0.350. The Morgan fingerprint density at radius 3 is 2.88 bits per heavy atom. The molecular formula is C23H19ClFN5O3. The number of nitrogen functional groups attached to an aromatic ring is 1. The molecular weight excluding hydrogens is 449 g/mol. The Bertz CT molecular complexity index is 1350. The maximum atomic E-state index is 13.5. The zero-order valence-corrected chi connectivity index (χ0v) is 18.1. The molecule has 33 heavy (non-hydrogen) atoms. The van der Waals surface area contributed by atoms with E-state index in [2.05, 4.69) is 15.3 Å². The maximum Gasteiger partial charge on any atom is 0.215 e. The van der Waals surface area contributed by atoms with Gasteiger partial charge in [0.2, 0.25) is 12.3 Å². The molecule has 1 unspecified atom stereocenters. The number of carbonyl (C=O) groups is 1. The maximum absolute atomic E-state index is 13.5. The van der Waals surface area contributed by atoms with Gasteiger partial charge in [-0.05, 0) is 36.4 Å². The SMILES string of the molecule is Nc1oc2c(-c3ccnc(C4CN(C=O)CCO4)c3)nccc2c1Nc1ccc(F)c(Cl)c1. The number of nitrogens with zero attached hydrogens (tertiary/aromatic N) is 3. The van der Waals surface area contributed by atoms with E-state index in [1.807, 2.05) is 12.1 Å². The number of furan rings is 1. The smallest absolute Gasteiger partial charge is 0.215 e. The fourth-order valence-corrected chi connectivity index (χ4v) is 3.99. The molecule has 168 valence electrons. The van der Waals surface area contributed by atoms with Crippen molar-refractivity contribution in [3.05, 3.63) is 65.3 Å². The first-order chi connectivity index (χ1) is 16.0. The highest BCUT2D eigenvalue weighted by molar-refractivity contribution is 6.31. The van der Waals surface area contributed by atoms with Crippen molar-refractivity contribution in [2.75, 3.05) is 30.7 Å². The van der Waals surface area contributed by atoms with Gasteiger partial charge in [0, 0.05) is 30.2 Å². The molecule has 1 amide bonds. The molecule has 0 spiro atoms. The van der Waals surface area contributed by atoms with Crippen LogP contribution in [0.5, 0.6) is 0 Å². The van der Waals surface area contributed by atoms with Crippen LogP contribution in [0.25, 0.3) is 22.2 Å². The van der Waals surface area contributed by atoms with Crippen LogP contribution in [0.15, 0.2) is 53.2 Å². The van der Waals surface area contributed by atoms with Crippen LogP contribution in [0.1, 0.15) is 11.8 Å². The van der Waals surface area contributed by atoms with Crippen molar-refractivity contribution in [2.45, 2.75) is 6.10 Å². The fourth-order valence-electron chi connectivity index (χ4n) is 3.81. The predicted molar refractivity (Wildman–Crippen MR) is 123 cm³/mol. The van der Waals surface area contributed by atoms with Crippen LogP contribution < -0.4 is 11.1 Å². The third-order valence-corrected chi connectivity index (χ3v) is 5.74. The number of morpholine rings is 1. The number of pyridine rings is 2. The molecule has 0 radical (unpaired) electrons. The number of anilines is 3. The number of benzene rings is 1. The van der Waals surface area contributed by atoms with Gasteiger partial charge in [-0.15, -0.1) is 0 Å². The van der Waals surface area contributed by atoms with Crippen molar-refractivity contribution < 1.29 is 18.3 Å². The molecule has 10 heteroatoms. The van der Waals surface area contributed by atoms with Crippen molar-refractivity contribution >= 4 is 46.2 Å². The summed E-state index contributed by atoms with van der Waals surface area (Å²) in [6, 6.07) is 9.76. The van der Waals surface area contributed by atoms with Gasteiger partial charge in [-0.1, -0.05) is 11.6 Å². The van der Waals surface area contributed by atoms with Gasteiger partial charge in [-0.3, -0.25) is 14.8 Å². The fraction of sp³-hybridized carbons (Fsp3) is 0.174. The summed E-state index contributed by atoms with van der Waals surface area (Å²) in [7, 11) is 0. The van der Waals surface area contributed by atoms with Crippen LogP contribution in [0, 0.1) is 5.82 Å². The number of rotatable bonds is 5. The summed E-state index contributed by atoms with van der Waals surface area (Å²) in [4.78, 5) is 21.7. The Hall–Kier alpha value is -3.69. The molecule has 0 saturated carbocycles. The van der Waals surface area contributed by atoms with Crippen LogP contribution in [-0.2, 0) is 9.53 Å². The number of aromatic nitrogens is 2. The van der Waals surface area contributed by atoms with Crippen LogP contribution in [0.4, 0.5) is 21.6 Å². The van der Waals surface area contributed by atoms with Crippen molar-refractivity contribution in [3.63, 3.8) is 0 Å². The molecule has 1 saturated heterocycles. The molecule has 1 aromatic carbocycles.